The average Bonchev–Trinajstić information content (AvgIpc) is 3.13. The van der Waals surface area contributed by atoms with Gasteiger partial charge in [-0.25, -0.2) is 4.98 Å². The second kappa shape index (κ2) is 6.32. The summed E-state index contributed by atoms with van der Waals surface area (Å²) < 4.78 is 1.82. The van der Waals surface area contributed by atoms with E-state index in [1.54, 1.807) is 12.5 Å². The van der Waals surface area contributed by atoms with Gasteiger partial charge in [0.15, 0.2) is 0 Å². The van der Waals surface area contributed by atoms with Crippen LogP contribution in [0.5, 0.6) is 0 Å². The number of hydrogen-bond acceptors (Lipinski definition) is 2. The van der Waals surface area contributed by atoms with Gasteiger partial charge in [0.1, 0.15) is 5.69 Å². The van der Waals surface area contributed by atoms with Crippen molar-refractivity contribution < 1.29 is 4.79 Å². The predicted octanol–water partition coefficient (Wildman–Crippen LogP) is 3.68. The number of fused-ring (bicyclic) bond motifs is 1. The number of benzene rings is 2. The van der Waals surface area contributed by atoms with Crippen LogP contribution in [0, 0.1) is 0 Å². The second-order valence-corrected chi connectivity index (χ2v) is 6.10. The van der Waals surface area contributed by atoms with Crippen LogP contribution in [0.15, 0.2) is 67.1 Å². The van der Waals surface area contributed by atoms with Gasteiger partial charge in [-0.15, -0.1) is 0 Å². The zero-order valence-corrected chi connectivity index (χ0v) is 13.4. The summed E-state index contributed by atoms with van der Waals surface area (Å²) in [4.78, 5) is 17.0. The summed E-state index contributed by atoms with van der Waals surface area (Å²) in [5.41, 5.74) is 4.07. The van der Waals surface area contributed by atoms with Gasteiger partial charge in [-0.1, -0.05) is 42.5 Å². The SMILES string of the molecule is O=C(N[C@@H]1CCCc2ccccc21)c1cncn1-c1ccccc1. The summed E-state index contributed by atoms with van der Waals surface area (Å²) in [6.45, 7) is 0. The maximum atomic E-state index is 12.8. The first-order valence-corrected chi connectivity index (χ1v) is 8.29. The highest BCUT2D eigenvalue weighted by atomic mass is 16.2. The van der Waals surface area contributed by atoms with Gasteiger partial charge in [-0.2, -0.15) is 0 Å². The molecule has 1 amide bonds. The van der Waals surface area contributed by atoms with Gasteiger partial charge in [0.25, 0.3) is 5.91 Å². The number of aryl methyl sites for hydroxylation is 1. The van der Waals surface area contributed by atoms with E-state index in [2.05, 4.69) is 28.5 Å². The molecule has 1 aromatic heterocycles. The number of para-hydroxylation sites is 1. The third-order valence-electron chi connectivity index (χ3n) is 4.58. The molecule has 4 heteroatoms. The standard InChI is InChI=1S/C20H19N3O/c24-20(19-13-21-14-23(19)16-9-2-1-3-10-16)22-18-12-6-8-15-7-4-5-11-17(15)18/h1-5,7,9-11,13-14,18H,6,8,12H2,(H,22,24)/t18-/m1/s1. The summed E-state index contributed by atoms with van der Waals surface area (Å²) in [6, 6.07) is 18.2. The first-order valence-electron chi connectivity index (χ1n) is 8.29. The van der Waals surface area contributed by atoms with E-state index < -0.39 is 0 Å². The molecule has 0 bridgehead atoms. The molecule has 24 heavy (non-hydrogen) atoms. The molecule has 4 rings (SSSR count). The minimum absolute atomic E-state index is 0.0709. The van der Waals surface area contributed by atoms with Crippen molar-refractivity contribution in [2.24, 2.45) is 0 Å². The number of amides is 1. The molecule has 1 aliphatic rings. The molecular formula is C20H19N3O. The molecule has 1 aliphatic carbocycles. The molecule has 4 nitrogen and oxygen atoms in total. The number of carbonyl (C=O) groups excluding carboxylic acids is 1. The van der Waals surface area contributed by atoms with Crippen LogP contribution in [0.2, 0.25) is 0 Å². The topological polar surface area (TPSA) is 46.9 Å². The van der Waals surface area contributed by atoms with Crippen molar-refractivity contribution in [2.75, 3.05) is 0 Å². The average molecular weight is 317 g/mol. The van der Waals surface area contributed by atoms with Crippen LogP contribution in [-0.2, 0) is 6.42 Å². The lowest BCUT2D eigenvalue weighted by molar-refractivity contribution is 0.0926. The second-order valence-electron chi connectivity index (χ2n) is 6.10. The summed E-state index contributed by atoms with van der Waals surface area (Å²) in [5.74, 6) is -0.0851. The molecule has 0 unspecified atom stereocenters. The molecule has 0 aliphatic heterocycles. The summed E-state index contributed by atoms with van der Waals surface area (Å²) in [5, 5.41) is 3.19. The molecular weight excluding hydrogens is 298 g/mol. The van der Waals surface area contributed by atoms with E-state index in [0.717, 1.165) is 24.9 Å². The molecule has 120 valence electrons. The fourth-order valence-corrected chi connectivity index (χ4v) is 3.39. The van der Waals surface area contributed by atoms with Crippen molar-refractivity contribution in [1.82, 2.24) is 14.9 Å². The Morgan fingerprint density at radius 3 is 2.75 bits per heavy atom. The smallest absolute Gasteiger partial charge is 0.270 e. The molecule has 1 atom stereocenters. The number of carbonyl (C=O) groups is 1. The largest absolute Gasteiger partial charge is 0.344 e. The maximum Gasteiger partial charge on any atom is 0.270 e. The van der Waals surface area contributed by atoms with Crippen molar-refractivity contribution in [3.05, 3.63) is 83.9 Å². The van der Waals surface area contributed by atoms with Crippen molar-refractivity contribution in [3.63, 3.8) is 0 Å². The van der Waals surface area contributed by atoms with Crippen LogP contribution < -0.4 is 5.32 Å². The molecule has 0 radical (unpaired) electrons. The molecule has 0 saturated heterocycles. The van der Waals surface area contributed by atoms with Gasteiger partial charge in [0.2, 0.25) is 0 Å². The molecule has 0 spiro atoms. The minimum Gasteiger partial charge on any atom is -0.344 e. The van der Waals surface area contributed by atoms with E-state index in [9.17, 15) is 4.79 Å². The fourth-order valence-electron chi connectivity index (χ4n) is 3.39. The minimum atomic E-state index is -0.0851. The number of hydrogen-bond donors (Lipinski definition) is 1. The van der Waals surface area contributed by atoms with Crippen molar-refractivity contribution in [1.29, 1.82) is 0 Å². The molecule has 0 saturated carbocycles. The van der Waals surface area contributed by atoms with Crippen LogP contribution in [0.4, 0.5) is 0 Å². The molecule has 3 aromatic rings. The van der Waals surface area contributed by atoms with Gasteiger partial charge in [-0.3, -0.25) is 9.36 Å². The lowest BCUT2D eigenvalue weighted by Crippen LogP contribution is -2.32. The third kappa shape index (κ3) is 2.71. The Morgan fingerprint density at radius 1 is 1.08 bits per heavy atom. The van der Waals surface area contributed by atoms with Crippen LogP contribution >= 0.6 is 0 Å². The Labute approximate surface area is 141 Å². The highest BCUT2D eigenvalue weighted by Gasteiger charge is 2.23. The van der Waals surface area contributed by atoms with Crippen molar-refractivity contribution in [2.45, 2.75) is 25.3 Å². The van der Waals surface area contributed by atoms with Gasteiger partial charge in [0.05, 0.1) is 18.6 Å². The Kier molecular flexibility index (Phi) is 3.87. The van der Waals surface area contributed by atoms with Crippen molar-refractivity contribution in [3.8, 4) is 5.69 Å². The monoisotopic (exact) mass is 317 g/mol. The fraction of sp³-hybridized carbons (Fsp3) is 0.200. The summed E-state index contributed by atoms with van der Waals surface area (Å²) >= 11 is 0. The zero-order chi connectivity index (χ0) is 16.4. The van der Waals surface area contributed by atoms with Gasteiger partial charge >= 0.3 is 0 Å². The highest BCUT2D eigenvalue weighted by Crippen LogP contribution is 2.29. The van der Waals surface area contributed by atoms with Crippen LogP contribution in [0.1, 0.15) is 40.5 Å². The van der Waals surface area contributed by atoms with E-state index in [1.165, 1.54) is 11.1 Å². The van der Waals surface area contributed by atoms with Crippen LogP contribution in [0.3, 0.4) is 0 Å². The van der Waals surface area contributed by atoms with E-state index >= 15 is 0 Å². The lowest BCUT2D eigenvalue weighted by atomic mass is 9.88. The van der Waals surface area contributed by atoms with Crippen LogP contribution in [0.25, 0.3) is 5.69 Å². The van der Waals surface area contributed by atoms with E-state index in [1.807, 2.05) is 41.0 Å². The Bertz CT molecular complexity index is 854. The van der Waals surface area contributed by atoms with Crippen molar-refractivity contribution >= 4 is 5.91 Å². The molecule has 0 fully saturated rings. The van der Waals surface area contributed by atoms with E-state index in [-0.39, 0.29) is 11.9 Å². The van der Waals surface area contributed by atoms with Gasteiger partial charge in [0, 0.05) is 5.69 Å². The quantitative estimate of drug-likeness (QED) is 0.801. The lowest BCUT2D eigenvalue weighted by Gasteiger charge is -2.26. The maximum absolute atomic E-state index is 12.8. The number of aromatic nitrogens is 2. The first-order chi connectivity index (χ1) is 11.8. The molecule has 1 heterocycles. The van der Waals surface area contributed by atoms with Crippen LogP contribution in [-0.4, -0.2) is 15.5 Å². The van der Waals surface area contributed by atoms with E-state index in [0.29, 0.717) is 5.69 Å². The zero-order valence-electron chi connectivity index (χ0n) is 13.4. The molecule has 1 N–H and O–H groups in total. The Hall–Kier alpha value is -2.88. The summed E-state index contributed by atoms with van der Waals surface area (Å²) in [7, 11) is 0. The third-order valence-corrected chi connectivity index (χ3v) is 4.58. The van der Waals surface area contributed by atoms with Gasteiger partial charge < -0.3 is 5.32 Å². The highest BCUT2D eigenvalue weighted by molar-refractivity contribution is 5.93. The number of nitrogens with zero attached hydrogens (tertiary/aromatic N) is 2. The van der Waals surface area contributed by atoms with Gasteiger partial charge in [-0.05, 0) is 42.5 Å². The first kappa shape index (κ1) is 14.7. The Balaban J connectivity index is 1.60. The number of rotatable bonds is 3. The number of imidazole rings is 1. The Morgan fingerprint density at radius 2 is 1.88 bits per heavy atom. The predicted molar refractivity (Wildman–Crippen MR) is 93.2 cm³/mol. The number of nitrogens with one attached hydrogen (secondary N) is 1. The summed E-state index contributed by atoms with van der Waals surface area (Å²) in [6.07, 6.45) is 6.46. The molecule has 2 aromatic carbocycles. The van der Waals surface area contributed by atoms with E-state index in [4.69, 9.17) is 0 Å². The normalized spacial score (nSPS) is 16.4.